The maximum atomic E-state index is 11.3. The minimum Gasteiger partial charge on any atom is -0.386 e. The summed E-state index contributed by atoms with van der Waals surface area (Å²) >= 11 is 0. The summed E-state index contributed by atoms with van der Waals surface area (Å²) in [7, 11) is 0. The molecule has 3 heteroatoms. The third-order valence-corrected chi connectivity index (χ3v) is 5.35. The lowest BCUT2D eigenvalue weighted by atomic mass is 9.80. The van der Waals surface area contributed by atoms with Gasteiger partial charge in [-0.05, 0) is 36.9 Å². The Labute approximate surface area is 114 Å². The van der Waals surface area contributed by atoms with Gasteiger partial charge in [0.05, 0.1) is 6.04 Å². The largest absolute Gasteiger partial charge is 0.386 e. The highest BCUT2D eigenvalue weighted by Gasteiger charge is 2.53. The molecule has 4 rings (SSSR count). The van der Waals surface area contributed by atoms with Gasteiger partial charge in [-0.15, -0.1) is 0 Å². The summed E-state index contributed by atoms with van der Waals surface area (Å²) < 4.78 is 0. The van der Waals surface area contributed by atoms with Gasteiger partial charge in [0.15, 0.2) is 0 Å². The molecule has 3 aliphatic rings. The van der Waals surface area contributed by atoms with E-state index in [2.05, 4.69) is 34.5 Å². The summed E-state index contributed by atoms with van der Waals surface area (Å²) in [5.41, 5.74) is 2.10. The Morgan fingerprint density at radius 2 is 2.11 bits per heavy atom. The average Bonchev–Trinajstić information content (AvgIpc) is 3.02. The van der Waals surface area contributed by atoms with Crippen LogP contribution >= 0.6 is 0 Å². The number of benzene rings is 1. The first kappa shape index (κ1) is 11.9. The van der Waals surface area contributed by atoms with Crippen LogP contribution in [-0.4, -0.2) is 34.7 Å². The van der Waals surface area contributed by atoms with E-state index in [0.29, 0.717) is 6.04 Å². The van der Waals surface area contributed by atoms with Crippen LogP contribution in [0.5, 0.6) is 0 Å². The molecular weight excluding hydrogens is 236 g/mol. The Kier molecular flexibility index (Phi) is 2.69. The second kappa shape index (κ2) is 4.30. The van der Waals surface area contributed by atoms with Crippen LogP contribution in [-0.2, 0) is 6.54 Å². The van der Waals surface area contributed by atoms with Crippen molar-refractivity contribution >= 4 is 0 Å². The first-order valence-electron chi connectivity index (χ1n) is 7.57. The average molecular weight is 258 g/mol. The van der Waals surface area contributed by atoms with Crippen molar-refractivity contribution in [2.24, 2.45) is 0 Å². The molecule has 0 bridgehead atoms. The third-order valence-electron chi connectivity index (χ3n) is 5.35. The van der Waals surface area contributed by atoms with E-state index in [9.17, 15) is 5.11 Å². The minimum absolute atomic E-state index is 0.122. The molecule has 19 heavy (non-hydrogen) atoms. The number of nitrogens with zero attached hydrogens (tertiary/aromatic N) is 1. The maximum Gasteiger partial charge on any atom is 0.101 e. The van der Waals surface area contributed by atoms with Gasteiger partial charge in [-0.1, -0.05) is 30.7 Å². The summed E-state index contributed by atoms with van der Waals surface area (Å²) in [6.45, 7) is 3.12. The van der Waals surface area contributed by atoms with Crippen molar-refractivity contribution in [1.82, 2.24) is 10.2 Å². The second-order valence-electron chi connectivity index (χ2n) is 6.30. The van der Waals surface area contributed by atoms with Gasteiger partial charge in [0.1, 0.15) is 5.60 Å². The highest BCUT2D eigenvalue weighted by atomic mass is 16.3. The molecule has 1 aromatic carbocycles. The molecule has 0 saturated carbocycles. The molecule has 0 aliphatic carbocycles. The molecule has 0 aromatic heterocycles. The zero-order chi connectivity index (χ0) is 12.9. The summed E-state index contributed by atoms with van der Waals surface area (Å²) in [5.74, 6) is 0. The Bertz CT molecular complexity index is 489. The van der Waals surface area contributed by atoms with Crippen LogP contribution in [0.3, 0.4) is 0 Å². The van der Waals surface area contributed by atoms with Crippen molar-refractivity contribution in [2.45, 2.75) is 49.9 Å². The number of hydrogen-bond acceptors (Lipinski definition) is 3. The van der Waals surface area contributed by atoms with Crippen molar-refractivity contribution in [3.8, 4) is 0 Å². The first-order chi connectivity index (χ1) is 9.29. The predicted molar refractivity (Wildman–Crippen MR) is 74.8 cm³/mol. The molecule has 3 nitrogen and oxygen atoms in total. The lowest BCUT2D eigenvalue weighted by Crippen LogP contribution is -2.52. The van der Waals surface area contributed by atoms with Gasteiger partial charge in [0.25, 0.3) is 0 Å². The lowest BCUT2D eigenvalue weighted by molar-refractivity contribution is -0.0380. The maximum absolute atomic E-state index is 11.3. The number of nitrogens with one attached hydrogen (secondary N) is 1. The van der Waals surface area contributed by atoms with E-state index in [0.717, 1.165) is 25.9 Å². The van der Waals surface area contributed by atoms with Crippen LogP contribution < -0.4 is 5.32 Å². The highest BCUT2D eigenvalue weighted by molar-refractivity contribution is 5.37. The Morgan fingerprint density at radius 3 is 3.05 bits per heavy atom. The summed E-state index contributed by atoms with van der Waals surface area (Å²) in [5, 5.41) is 14.9. The molecule has 3 unspecified atom stereocenters. The molecule has 3 atom stereocenters. The Hall–Kier alpha value is -0.900. The van der Waals surface area contributed by atoms with E-state index >= 15 is 0 Å². The molecular formula is C16H22N2O. The lowest BCUT2D eigenvalue weighted by Gasteiger charge is -2.41. The predicted octanol–water partition coefficient (Wildman–Crippen LogP) is 1.82. The third kappa shape index (κ3) is 1.69. The standard InChI is InChI=1S/C16H22N2O/c19-16(8-10-18-9-4-3-7-14(16)18)15-13-6-2-1-5-12(13)11-17-15/h1-2,5-6,14-15,17,19H,3-4,7-11H2. The number of rotatable bonds is 1. The van der Waals surface area contributed by atoms with Crippen LogP contribution in [0.15, 0.2) is 24.3 Å². The van der Waals surface area contributed by atoms with Gasteiger partial charge >= 0.3 is 0 Å². The van der Waals surface area contributed by atoms with Gasteiger partial charge in [0, 0.05) is 19.1 Å². The highest BCUT2D eigenvalue weighted by Crippen LogP contribution is 2.45. The van der Waals surface area contributed by atoms with Crippen LogP contribution in [0.1, 0.15) is 42.9 Å². The first-order valence-corrected chi connectivity index (χ1v) is 7.57. The zero-order valence-corrected chi connectivity index (χ0v) is 11.3. The summed E-state index contributed by atoms with van der Waals surface area (Å²) in [4.78, 5) is 2.51. The van der Waals surface area contributed by atoms with E-state index in [-0.39, 0.29) is 6.04 Å². The van der Waals surface area contributed by atoms with Crippen molar-refractivity contribution in [1.29, 1.82) is 0 Å². The number of piperidine rings is 1. The number of hydrogen-bond donors (Lipinski definition) is 2. The van der Waals surface area contributed by atoms with E-state index in [1.807, 2.05) is 0 Å². The number of fused-ring (bicyclic) bond motifs is 2. The van der Waals surface area contributed by atoms with Gasteiger partial charge in [-0.2, -0.15) is 0 Å². The minimum atomic E-state index is -0.576. The monoisotopic (exact) mass is 258 g/mol. The molecule has 0 radical (unpaired) electrons. The molecule has 1 aromatic rings. The normalized spacial score (nSPS) is 38.2. The molecule has 0 spiro atoms. The molecule has 102 valence electrons. The molecule has 3 aliphatic heterocycles. The van der Waals surface area contributed by atoms with Gasteiger partial charge < -0.3 is 10.4 Å². The molecule has 0 amide bonds. The smallest absolute Gasteiger partial charge is 0.101 e. The van der Waals surface area contributed by atoms with Crippen molar-refractivity contribution in [3.05, 3.63) is 35.4 Å². The summed E-state index contributed by atoms with van der Waals surface area (Å²) in [6, 6.07) is 9.02. The molecule has 2 fully saturated rings. The van der Waals surface area contributed by atoms with E-state index in [4.69, 9.17) is 0 Å². The number of aliphatic hydroxyl groups is 1. The van der Waals surface area contributed by atoms with Gasteiger partial charge in [-0.3, -0.25) is 4.90 Å². The van der Waals surface area contributed by atoms with Crippen LogP contribution in [0.25, 0.3) is 0 Å². The van der Waals surface area contributed by atoms with Crippen LogP contribution in [0.2, 0.25) is 0 Å². The topological polar surface area (TPSA) is 35.5 Å². The van der Waals surface area contributed by atoms with Crippen molar-refractivity contribution in [2.75, 3.05) is 13.1 Å². The molecule has 3 heterocycles. The van der Waals surface area contributed by atoms with E-state index < -0.39 is 5.60 Å². The van der Waals surface area contributed by atoms with Gasteiger partial charge in [0.2, 0.25) is 0 Å². The summed E-state index contributed by atoms with van der Waals surface area (Å²) in [6.07, 6.45) is 4.61. The van der Waals surface area contributed by atoms with Crippen LogP contribution in [0, 0.1) is 0 Å². The fourth-order valence-electron chi connectivity index (χ4n) is 4.40. The van der Waals surface area contributed by atoms with E-state index in [1.165, 1.54) is 30.5 Å². The fraction of sp³-hybridized carbons (Fsp3) is 0.625. The van der Waals surface area contributed by atoms with Gasteiger partial charge in [-0.25, -0.2) is 0 Å². The zero-order valence-electron chi connectivity index (χ0n) is 11.3. The quantitative estimate of drug-likeness (QED) is 0.806. The second-order valence-corrected chi connectivity index (χ2v) is 6.30. The van der Waals surface area contributed by atoms with Crippen molar-refractivity contribution < 1.29 is 5.11 Å². The Balaban J connectivity index is 1.69. The van der Waals surface area contributed by atoms with Crippen molar-refractivity contribution in [3.63, 3.8) is 0 Å². The molecule has 2 saturated heterocycles. The fourth-order valence-corrected chi connectivity index (χ4v) is 4.40. The SMILES string of the molecule is OC1(C2NCc3ccccc32)CCN2CCCCC21. The van der Waals surface area contributed by atoms with Crippen LogP contribution in [0.4, 0.5) is 0 Å². The molecule has 2 N–H and O–H groups in total. The van der Waals surface area contributed by atoms with E-state index in [1.54, 1.807) is 0 Å². The Morgan fingerprint density at radius 1 is 1.21 bits per heavy atom.